The summed E-state index contributed by atoms with van der Waals surface area (Å²) in [6, 6.07) is 0. The van der Waals surface area contributed by atoms with Crippen LogP contribution in [0.25, 0.3) is 0 Å². The van der Waals surface area contributed by atoms with E-state index in [1.165, 1.54) is 7.11 Å². The standard InChI is InChI=1S/C13H25NO5/c1-8-10(15)13(5,7-9(17-6)18-8)14-11(16)19-12(2,3)4/h8-10,15H,7H2,1-6H3,(H,14,16). The fourth-order valence-electron chi connectivity index (χ4n) is 2.15. The van der Waals surface area contributed by atoms with Gasteiger partial charge in [0.2, 0.25) is 0 Å². The van der Waals surface area contributed by atoms with Crippen LogP contribution < -0.4 is 5.32 Å². The van der Waals surface area contributed by atoms with Crippen LogP contribution in [0, 0.1) is 0 Å². The summed E-state index contributed by atoms with van der Waals surface area (Å²) in [5, 5.41) is 12.9. The molecule has 1 heterocycles. The number of hydrogen-bond donors (Lipinski definition) is 2. The zero-order chi connectivity index (χ0) is 14.8. The zero-order valence-corrected chi connectivity index (χ0v) is 12.5. The van der Waals surface area contributed by atoms with Crippen LogP contribution in [-0.4, -0.2) is 47.9 Å². The van der Waals surface area contributed by atoms with Crippen molar-refractivity contribution < 1.29 is 24.1 Å². The van der Waals surface area contributed by atoms with Gasteiger partial charge in [-0.3, -0.25) is 0 Å². The molecule has 1 fully saturated rings. The molecule has 1 aliphatic heterocycles. The molecule has 6 nitrogen and oxygen atoms in total. The molecule has 1 amide bonds. The van der Waals surface area contributed by atoms with Crippen molar-refractivity contribution in [2.24, 2.45) is 0 Å². The molecule has 2 N–H and O–H groups in total. The molecule has 4 unspecified atom stereocenters. The van der Waals surface area contributed by atoms with Crippen LogP contribution in [0.1, 0.15) is 41.0 Å². The molecule has 1 rings (SSSR count). The minimum absolute atomic E-state index is 0.355. The highest BCUT2D eigenvalue weighted by Crippen LogP contribution is 2.29. The number of alkyl carbamates (subject to hydrolysis) is 1. The third-order valence-electron chi connectivity index (χ3n) is 3.10. The van der Waals surface area contributed by atoms with Gasteiger partial charge < -0.3 is 24.6 Å². The average molecular weight is 275 g/mol. The molecule has 0 aromatic rings. The number of hydrogen-bond acceptors (Lipinski definition) is 5. The van der Waals surface area contributed by atoms with Gasteiger partial charge in [0.1, 0.15) is 11.7 Å². The summed E-state index contributed by atoms with van der Waals surface area (Å²) in [5.41, 5.74) is -1.43. The quantitative estimate of drug-likeness (QED) is 0.797. The normalized spacial score (nSPS) is 35.8. The Bertz CT molecular complexity index is 327. The van der Waals surface area contributed by atoms with Crippen LogP contribution in [0.5, 0.6) is 0 Å². The van der Waals surface area contributed by atoms with Gasteiger partial charge in [-0.25, -0.2) is 4.79 Å². The van der Waals surface area contributed by atoms with Crippen LogP contribution in [-0.2, 0) is 14.2 Å². The summed E-state index contributed by atoms with van der Waals surface area (Å²) in [5.74, 6) is 0. The molecule has 0 bridgehead atoms. The molecule has 1 saturated heterocycles. The van der Waals surface area contributed by atoms with Crippen LogP contribution in [0.4, 0.5) is 4.79 Å². The zero-order valence-electron chi connectivity index (χ0n) is 12.5. The van der Waals surface area contributed by atoms with Crippen molar-refractivity contribution in [3.63, 3.8) is 0 Å². The van der Waals surface area contributed by atoms with Crippen LogP contribution >= 0.6 is 0 Å². The number of ether oxygens (including phenoxy) is 3. The molecule has 6 heteroatoms. The predicted octanol–water partition coefficient (Wildman–Crippen LogP) is 1.41. The largest absolute Gasteiger partial charge is 0.444 e. The van der Waals surface area contributed by atoms with E-state index >= 15 is 0 Å². The van der Waals surface area contributed by atoms with Gasteiger partial charge in [-0.1, -0.05) is 0 Å². The number of amides is 1. The second kappa shape index (κ2) is 5.64. The molecule has 1 aliphatic rings. The van der Waals surface area contributed by atoms with E-state index < -0.39 is 35.7 Å². The Morgan fingerprint density at radius 3 is 2.53 bits per heavy atom. The minimum atomic E-state index is -0.847. The van der Waals surface area contributed by atoms with Gasteiger partial charge in [0, 0.05) is 13.5 Å². The lowest BCUT2D eigenvalue weighted by Gasteiger charge is -2.45. The Labute approximate surface area is 114 Å². The highest BCUT2D eigenvalue weighted by molar-refractivity contribution is 5.69. The van der Waals surface area contributed by atoms with Crippen molar-refractivity contribution in [1.29, 1.82) is 0 Å². The summed E-state index contributed by atoms with van der Waals surface area (Å²) in [6.45, 7) is 8.86. The average Bonchev–Trinajstić information content (AvgIpc) is 2.22. The van der Waals surface area contributed by atoms with Crippen LogP contribution in [0.3, 0.4) is 0 Å². The minimum Gasteiger partial charge on any atom is -0.444 e. The SMILES string of the molecule is COC1CC(C)(NC(=O)OC(C)(C)C)C(O)C(C)O1. The van der Waals surface area contributed by atoms with Crippen molar-refractivity contribution in [3.05, 3.63) is 0 Å². The van der Waals surface area contributed by atoms with Gasteiger partial charge in [0.25, 0.3) is 0 Å². The fraction of sp³-hybridized carbons (Fsp3) is 0.923. The fourth-order valence-corrected chi connectivity index (χ4v) is 2.15. The third-order valence-corrected chi connectivity index (χ3v) is 3.10. The first-order valence-corrected chi connectivity index (χ1v) is 6.45. The molecule has 0 aromatic heterocycles. The molecule has 19 heavy (non-hydrogen) atoms. The van der Waals surface area contributed by atoms with Gasteiger partial charge >= 0.3 is 6.09 Å². The molecule has 4 atom stereocenters. The Morgan fingerprint density at radius 1 is 1.47 bits per heavy atom. The monoisotopic (exact) mass is 275 g/mol. The van der Waals surface area contributed by atoms with Crippen molar-refractivity contribution >= 4 is 6.09 Å². The maximum atomic E-state index is 11.9. The van der Waals surface area contributed by atoms with E-state index in [-0.39, 0.29) is 0 Å². The van der Waals surface area contributed by atoms with Gasteiger partial charge in [-0.2, -0.15) is 0 Å². The van der Waals surface area contributed by atoms with E-state index in [1.807, 2.05) is 0 Å². The summed E-state index contributed by atoms with van der Waals surface area (Å²) in [4.78, 5) is 11.9. The van der Waals surface area contributed by atoms with Crippen molar-refractivity contribution in [1.82, 2.24) is 5.32 Å². The molecule has 0 aliphatic carbocycles. The molecule has 0 aromatic carbocycles. The number of rotatable bonds is 2. The van der Waals surface area contributed by atoms with Gasteiger partial charge in [0.05, 0.1) is 11.6 Å². The number of carbonyl (C=O) groups excluding carboxylic acids is 1. The Hall–Kier alpha value is -0.850. The van der Waals surface area contributed by atoms with Gasteiger partial charge in [-0.15, -0.1) is 0 Å². The van der Waals surface area contributed by atoms with Crippen LogP contribution in [0.2, 0.25) is 0 Å². The molecule has 0 radical (unpaired) electrons. The molecular formula is C13H25NO5. The predicted molar refractivity (Wildman–Crippen MR) is 69.7 cm³/mol. The number of carbonyl (C=O) groups is 1. The molecular weight excluding hydrogens is 250 g/mol. The number of aliphatic hydroxyl groups is 1. The summed E-state index contributed by atoms with van der Waals surface area (Å²) >= 11 is 0. The van der Waals surface area contributed by atoms with E-state index in [1.54, 1.807) is 34.6 Å². The van der Waals surface area contributed by atoms with Gasteiger partial charge in [-0.05, 0) is 34.6 Å². The third kappa shape index (κ3) is 4.33. The molecule has 112 valence electrons. The van der Waals surface area contributed by atoms with Gasteiger partial charge in [0.15, 0.2) is 6.29 Å². The Morgan fingerprint density at radius 2 is 2.05 bits per heavy atom. The number of nitrogens with one attached hydrogen (secondary N) is 1. The summed E-state index contributed by atoms with van der Waals surface area (Å²) in [7, 11) is 1.53. The first-order valence-electron chi connectivity index (χ1n) is 6.45. The summed E-state index contributed by atoms with van der Waals surface area (Å²) < 4.78 is 15.8. The van der Waals surface area contributed by atoms with E-state index in [2.05, 4.69) is 5.32 Å². The van der Waals surface area contributed by atoms with Crippen molar-refractivity contribution in [2.75, 3.05) is 7.11 Å². The molecule has 0 saturated carbocycles. The first-order chi connectivity index (χ1) is 8.57. The van der Waals surface area contributed by atoms with E-state index in [0.29, 0.717) is 6.42 Å². The highest BCUT2D eigenvalue weighted by Gasteiger charge is 2.46. The van der Waals surface area contributed by atoms with Crippen LogP contribution in [0.15, 0.2) is 0 Å². The lowest BCUT2D eigenvalue weighted by molar-refractivity contribution is -0.231. The lowest BCUT2D eigenvalue weighted by atomic mass is 9.85. The maximum absolute atomic E-state index is 11.9. The van der Waals surface area contributed by atoms with Crippen molar-refractivity contribution in [2.45, 2.75) is 70.7 Å². The van der Waals surface area contributed by atoms with E-state index in [4.69, 9.17) is 14.2 Å². The summed E-state index contributed by atoms with van der Waals surface area (Å²) in [6.07, 6.45) is -1.92. The number of methoxy groups -OCH3 is 1. The van der Waals surface area contributed by atoms with E-state index in [9.17, 15) is 9.90 Å². The topological polar surface area (TPSA) is 77.0 Å². The molecule has 0 spiro atoms. The first kappa shape index (κ1) is 16.2. The lowest BCUT2D eigenvalue weighted by Crippen LogP contribution is -2.64. The van der Waals surface area contributed by atoms with E-state index in [0.717, 1.165) is 0 Å². The Kier molecular flexibility index (Phi) is 4.81. The second-order valence-corrected chi connectivity index (χ2v) is 6.20. The number of aliphatic hydroxyl groups excluding tert-OH is 1. The second-order valence-electron chi connectivity index (χ2n) is 6.20. The maximum Gasteiger partial charge on any atom is 0.408 e. The highest BCUT2D eigenvalue weighted by atomic mass is 16.7. The Balaban J connectivity index is 2.74. The smallest absolute Gasteiger partial charge is 0.408 e. The van der Waals surface area contributed by atoms with Crippen molar-refractivity contribution in [3.8, 4) is 0 Å².